The first-order valence-electron chi connectivity index (χ1n) is 8.50. The minimum atomic E-state index is -1.15. The van der Waals surface area contributed by atoms with E-state index in [0.29, 0.717) is 27.8 Å². The summed E-state index contributed by atoms with van der Waals surface area (Å²) in [5.74, 6) is -0.870. The van der Waals surface area contributed by atoms with Gasteiger partial charge in [-0.1, -0.05) is 23.2 Å². The van der Waals surface area contributed by atoms with Crippen LogP contribution in [0.15, 0.2) is 63.9 Å². The maximum Gasteiger partial charge on any atom is 0.337 e. The van der Waals surface area contributed by atoms with Gasteiger partial charge in [-0.3, -0.25) is 9.59 Å². The average Bonchev–Trinajstić information content (AvgIpc) is 3.28. The normalized spacial score (nSPS) is 15.3. The summed E-state index contributed by atoms with van der Waals surface area (Å²) in [6.45, 7) is 0. The van der Waals surface area contributed by atoms with Crippen molar-refractivity contribution < 1.29 is 23.9 Å². The molecule has 0 saturated carbocycles. The molecule has 9 heteroatoms. The molecule has 1 aliphatic rings. The van der Waals surface area contributed by atoms with Crippen molar-refractivity contribution in [2.24, 2.45) is 0 Å². The minimum Gasteiger partial charge on any atom is -0.478 e. The van der Waals surface area contributed by atoms with Gasteiger partial charge in [0.05, 0.1) is 21.2 Å². The van der Waals surface area contributed by atoms with E-state index in [1.807, 2.05) is 0 Å². The van der Waals surface area contributed by atoms with Crippen LogP contribution in [-0.4, -0.2) is 22.2 Å². The van der Waals surface area contributed by atoms with Crippen molar-refractivity contribution in [3.05, 3.63) is 80.9 Å². The number of imide groups is 1. The number of benzene rings is 2. The number of amides is 2. The lowest BCUT2D eigenvalue weighted by atomic mass is 10.1. The third-order valence-corrected chi connectivity index (χ3v) is 5.71. The first-order chi connectivity index (χ1) is 14.3. The van der Waals surface area contributed by atoms with Crippen LogP contribution < -0.4 is 4.90 Å². The van der Waals surface area contributed by atoms with Crippen LogP contribution in [-0.2, 0) is 4.79 Å². The Labute approximate surface area is 184 Å². The van der Waals surface area contributed by atoms with Crippen LogP contribution in [0.5, 0.6) is 0 Å². The van der Waals surface area contributed by atoms with Crippen LogP contribution in [0, 0.1) is 0 Å². The fraction of sp³-hybridized carbons (Fsp3) is 0. The van der Waals surface area contributed by atoms with Gasteiger partial charge in [0.15, 0.2) is 0 Å². The molecule has 0 radical (unpaired) electrons. The molecule has 0 spiro atoms. The summed E-state index contributed by atoms with van der Waals surface area (Å²) in [7, 11) is 0. The van der Waals surface area contributed by atoms with Crippen LogP contribution >= 0.6 is 35.0 Å². The second-order valence-corrected chi connectivity index (χ2v) is 8.03. The van der Waals surface area contributed by atoms with E-state index in [4.69, 9.17) is 27.6 Å². The number of anilines is 1. The Bertz CT molecular complexity index is 1220. The Balaban J connectivity index is 1.61. The lowest BCUT2D eigenvalue weighted by Gasteiger charge is -2.11. The number of carbonyl (C=O) groups is 3. The number of carboxylic acid groups (broad SMARTS) is 1. The molecule has 2 heterocycles. The zero-order chi connectivity index (χ0) is 21.4. The lowest BCUT2D eigenvalue weighted by Crippen LogP contribution is -2.27. The van der Waals surface area contributed by atoms with Crippen LogP contribution in [0.2, 0.25) is 10.0 Å². The predicted octanol–water partition coefficient (Wildman–Crippen LogP) is 6.19. The summed E-state index contributed by atoms with van der Waals surface area (Å²) in [4.78, 5) is 37.6. The third-order valence-electron chi connectivity index (χ3n) is 4.26. The highest BCUT2D eigenvalue weighted by Gasteiger charge is 2.36. The number of rotatable bonds is 4. The van der Waals surface area contributed by atoms with E-state index >= 15 is 0 Å². The van der Waals surface area contributed by atoms with Gasteiger partial charge >= 0.3 is 5.97 Å². The molecule has 3 aromatic rings. The van der Waals surface area contributed by atoms with Crippen molar-refractivity contribution in [1.82, 2.24) is 0 Å². The second-order valence-electron chi connectivity index (χ2n) is 6.20. The quantitative estimate of drug-likeness (QED) is 0.467. The van der Waals surface area contributed by atoms with Crippen molar-refractivity contribution in [2.75, 3.05) is 4.90 Å². The number of hydrogen-bond donors (Lipinski definition) is 1. The van der Waals surface area contributed by atoms with Gasteiger partial charge in [-0.15, -0.1) is 0 Å². The van der Waals surface area contributed by atoms with E-state index in [1.165, 1.54) is 18.2 Å². The summed E-state index contributed by atoms with van der Waals surface area (Å²) in [6.07, 6.45) is 1.47. The standard InChI is InChI=1S/C21H11Cl2NO5S/c22-12-2-4-13(5-3-12)24-19(25)18(30-21(24)28)10-14-6-8-17(29-14)11-1-7-16(23)15(9-11)20(26)27/h1-10H,(H,26,27)/b18-10-. The molecule has 1 fully saturated rings. The molecule has 1 aromatic heterocycles. The molecule has 1 saturated heterocycles. The highest BCUT2D eigenvalue weighted by molar-refractivity contribution is 8.19. The molecule has 0 atom stereocenters. The summed E-state index contributed by atoms with van der Waals surface area (Å²) in [5, 5.41) is 9.40. The van der Waals surface area contributed by atoms with Crippen molar-refractivity contribution in [3.8, 4) is 11.3 Å². The predicted molar refractivity (Wildman–Crippen MR) is 116 cm³/mol. The summed E-state index contributed by atoms with van der Waals surface area (Å²) < 4.78 is 5.72. The maximum absolute atomic E-state index is 12.7. The number of carboxylic acids is 1. The fourth-order valence-corrected chi connectivity index (χ4v) is 3.98. The van der Waals surface area contributed by atoms with Gasteiger partial charge in [-0.05, 0) is 66.4 Å². The Kier molecular flexibility index (Phi) is 5.42. The Morgan fingerprint density at radius 1 is 1.03 bits per heavy atom. The largest absolute Gasteiger partial charge is 0.478 e. The molecule has 4 rings (SSSR count). The van der Waals surface area contributed by atoms with E-state index in [-0.39, 0.29) is 15.5 Å². The summed E-state index contributed by atoms with van der Waals surface area (Å²) >= 11 is 12.6. The monoisotopic (exact) mass is 459 g/mol. The minimum absolute atomic E-state index is 0.0452. The molecule has 1 aliphatic heterocycles. The van der Waals surface area contributed by atoms with Gasteiger partial charge in [-0.2, -0.15) is 0 Å². The number of hydrogen-bond acceptors (Lipinski definition) is 5. The Morgan fingerprint density at radius 2 is 1.77 bits per heavy atom. The molecular weight excluding hydrogens is 449 g/mol. The fourth-order valence-electron chi connectivity index (χ4n) is 2.84. The molecule has 6 nitrogen and oxygen atoms in total. The number of thioether (sulfide) groups is 1. The Morgan fingerprint density at radius 3 is 2.47 bits per heavy atom. The first kappa shape index (κ1) is 20.3. The van der Waals surface area contributed by atoms with Gasteiger partial charge in [0.1, 0.15) is 11.5 Å². The van der Waals surface area contributed by atoms with Gasteiger partial charge in [0, 0.05) is 16.7 Å². The molecular formula is C21H11Cl2NO5S. The average molecular weight is 460 g/mol. The molecule has 2 amide bonds. The van der Waals surface area contributed by atoms with Crippen molar-refractivity contribution >= 4 is 63.8 Å². The van der Waals surface area contributed by atoms with Crippen molar-refractivity contribution in [3.63, 3.8) is 0 Å². The number of furan rings is 1. The SMILES string of the molecule is O=C(O)c1cc(-c2ccc(/C=C3\SC(=O)N(c4ccc(Cl)cc4)C3=O)o2)ccc1Cl. The summed E-state index contributed by atoms with van der Waals surface area (Å²) in [5.41, 5.74) is 0.898. The second kappa shape index (κ2) is 8.02. The summed E-state index contributed by atoms with van der Waals surface area (Å²) in [6, 6.07) is 14.2. The number of aromatic carboxylic acids is 1. The highest BCUT2D eigenvalue weighted by Crippen LogP contribution is 2.37. The van der Waals surface area contributed by atoms with Gasteiger partial charge in [0.25, 0.3) is 11.1 Å². The molecule has 1 N–H and O–H groups in total. The van der Waals surface area contributed by atoms with Gasteiger partial charge in [-0.25, -0.2) is 9.69 Å². The number of halogens is 2. The van der Waals surface area contributed by atoms with Gasteiger partial charge in [0.2, 0.25) is 0 Å². The third kappa shape index (κ3) is 3.87. The van der Waals surface area contributed by atoms with Gasteiger partial charge < -0.3 is 9.52 Å². The van der Waals surface area contributed by atoms with E-state index < -0.39 is 17.1 Å². The Hall–Kier alpha value is -3.00. The molecule has 0 bridgehead atoms. The number of nitrogens with zero attached hydrogens (tertiary/aromatic N) is 1. The topological polar surface area (TPSA) is 87.8 Å². The lowest BCUT2D eigenvalue weighted by molar-refractivity contribution is -0.113. The zero-order valence-corrected chi connectivity index (χ0v) is 17.3. The maximum atomic E-state index is 12.7. The first-order valence-corrected chi connectivity index (χ1v) is 10.1. The van der Waals surface area contributed by atoms with Crippen molar-refractivity contribution in [2.45, 2.75) is 0 Å². The zero-order valence-electron chi connectivity index (χ0n) is 15.0. The van der Waals surface area contributed by atoms with Crippen LogP contribution in [0.25, 0.3) is 17.4 Å². The molecule has 0 aliphatic carbocycles. The molecule has 30 heavy (non-hydrogen) atoms. The van der Waals surface area contributed by atoms with E-state index in [2.05, 4.69) is 0 Å². The van der Waals surface area contributed by atoms with Crippen LogP contribution in [0.3, 0.4) is 0 Å². The molecule has 2 aromatic carbocycles. The van der Waals surface area contributed by atoms with Crippen LogP contribution in [0.1, 0.15) is 16.1 Å². The van der Waals surface area contributed by atoms with E-state index in [0.717, 1.165) is 16.7 Å². The van der Waals surface area contributed by atoms with Crippen LogP contribution in [0.4, 0.5) is 10.5 Å². The molecule has 0 unspecified atom stereocenters. The van der Waals surface area contributed by atoms with E-state index in [9.17, 15) is 19.5 Å². The van der Waals surface area contributed by atoms with E-state index in [1.54, 1.807) is 42.5 Å². The molecule has 150 valence electrons. The highest BCUT2D eigenvalue weighted by atomic mass is 35.5. The number of carbonyl (C=O) groups excluding carboxylic acids is 2. The smallest absolute Gasteiger partial charge is 0.337 e. The van der Waals surface area contributed by atoms with Crippen molar-refractivity contribution in [1.29, 1.82) is 0 Å².